The highest BCUT2D eigenvalue weighted by Crippen LogP contribution is 2.78. The van der Waals surface area contributed by atoms with Gasteiger partial charge in [-0.2, -0.15) is 0 Å². The van der Waals surface area contributed by atoms with E-state index in [2.05, 4.69) is 139 Å². The van der Waals surface area contributed by atoms with E-state index in [4.69, 9.17) is 4.74 Å². The maximum atomic E-state index is 13.8. The Morgan fingerprint density at radius 1 is 0.737 bits per heavy atom. The molecule has 0 spiro atoms. The highest BCUT2D eigenvalue weighted by molar-refractivity contribution is 7.95. The Bertz CT molecular complexity index is 1750. The molecule has 5 aliphatic carbocycles. The number of hydrogen-bond acceptors (Lipinski definition) is 3. The average molecular weight is 903 g/mol. The summed E-state index contributed by atoms with van der Waals surface area (Å²) in [6.45, 7) is 17.7. The van der Waals surface area contributed by atoms with Gasteiger partial charge < -0.3 is 33.8 Å². The van der Waals surface area contributed by atoms with E-state index in [9.17, 15) is 9.90 Å². The van der Waals surface area contributed by atoms with Crippen LogP contribution >= 0.6 is 7.26 Å². The van der Waals surface area contributed by atoms with E-state index in [0.717, 1.165) is 44.7 Å². The first kappa shape index (κ1) is 43.3. The van der Waals surface area contributed by atoms with Crippen molar-refractivity contribution in [3.05, 3.63) is 91.0 Å². The molecule has 0 amide bonds. The van der Waals surface area contributed by atoms with Crippen molar-refractivity contribution in [3.8, 4) is 0 Å². The summed E-state index contributed by atoms with van der Waals surface area (Å²) in [4.78, 5) is 13.8. The molecule has 0 radical (unpaired) electrons. The van der Waals surface area contributed by atoms with Gasteiger partial charge in [0.25, 0.3) is 0 Å². The van der Waals surface area contributed by atoms with Crippen LogP contribution in [0.15, 0.2) is 91.0 Å². The summed E-state index contributed by atoms with van der Waals surface area (Å²) in [7, 11) is -0.297. The molecule has 0 heterocycles. The number of benzene rings is 3. The molecule has 3 aromatic rings. The second kappa shape index (κ2) is 15.9. The van der Waals surface area contributed by atoms with Gasteiger partial charge in [-0.15, -0.1) is 0 Å². The second-order valence-corrected chi connectivity index (χ2v) is 24.8. The Labute approximate surface area is 363 Å². The lowest BCUT2D eigenvalue weighted by atomic mass is 9.31. The van der Waals surface area contributed by atoms with Crippen LogP contribution in [0.25, 0.3) is 0 Å². The maximum absolute atomic E-state index is 13.8. The first-order chi connectivity index (χ1) is 26.7. The minimum absolute atomic E-state index is 0. The molecular weight excluding hydrogens is 830 g/mol. The van der Waals surface area contributed by atoms with Gasteiger partial charge in [0.15, 0.2) is 0 Å². The highest BCUT2D eigenvalue weighted by Gasteiger charge is 2.72. The number of rotatable bonds is 9. The summed E-state index contributed by atoms with van der Waals surface area (Å²) < 4.78 is 5.67. The molecule has 3 aromatic carbocycles. The summed E-state index contributed by atoms with van der Waals surface area (Å²) in [5.74, 6) is 3.67. The Morgan fingerprint density at radius 2 is 1.30 bits per heavy atom. The fourth-order valence-electron chi connectivity index (χ4n) is 16.0. The zero-order valence-corrected chi connectivity index (χ0v) is 39.4. The lowest BCUT2D eigenvalue weighted by molar-refractivity contribution is -0.258. The van der Waals surface area contributed by atoms with Crippen LogP contribution in [0.1, 0.15) is 119 Å². The highest BCUT2D eigenvalue weighted by atomic mass is 127. The van der Waals surface area contributed by atoms with Crippen molar-refractivity contribution < 1.29 is 38.6 Å². The molecule has 5 saturated carbocycles. The van der Waals surface area contributed by atoms with Gasteiger partial charge in [-0.3, -0.25) is 4.79 Å². The van der Waals surface area contributed by atoms with Crippen molar-refractivity contribution in [2.24, 2.45) is 68.5 Å². The maximum Gasteiger partial charge on any atom is 0.312 e. The summed E-state index contributed by atoms with van der Waals surface area (Å²) >= 11 is 0. The third-order valence-electron chi connectivity index (χ3n) is 18.7. The number of ether oxygens (including phenoxy) is 1. The molecular formula is C52H72IO3P. The van der Waals surface area contributed by atoms with E-state index >= 15 is 0 Å². The summed E-state index contributed by atoms with van der Waals surface area (Å²) in [5.41, 5.74) is 0.151. The van der Waals surface area contributed by atoms with E-state index in [1.165, 1.54) is 48.0 Å². The van der Waals surface area contributed by atoms with Crippen LogP contribution in [-0.2, 0) is 9.53 Å². The average Bonchev–Trinajstić information content (AvgIpc) is 3.61. The molecule has 0 unspecified atom stereocenters. The Morgan fingerprint density at radius 3 is 1.82 bits per heavy atom. The lowest BCUT2D eigenvalue weighted by Crippen LogP contribution is -3.00. The fourth-order valence-corrected chi connectivity index (χ4v) is 20.4. The summed E-state index contributed by atoms with van der Waals surface area (Å²) in [6.07, 6.45) is 13.3. The van der Waals surface area contributed by atoms with Gasteiger partial charge in [0, 0.05) is 0 Å². The molecule has 310 valence electrons. The summed E-state index contributed by atoms with van der Waals surface area (Å²) in [5, 5.41) is 16.8. The van der Waals surface area contributed by atoms with Crippen molar-refractivity contribution in [2.75, 3.05) is 13.3 Å². The van der Waals surface area contributed by atoms with Gasteiger partial charge in [0.1, 0.15) is 23.2 Å². The first-order valence-corrected chi connectivity index (χ1v) is 24.5. The standard InChI is InChI=1S/C52H72O3P.HI/c1-36(2)41-28-31-52(47(54)55-8)33-32-50(6)42(45(41)52)26-27-44-49(5)35-37(46(53)48(3,4)43(49)29-30-51(44,50)7)19-18-34-56(38-20-12-9-13-21-38,39-22-14-10-15-23-39)40-24-16-11-17-25-40;/h9-17,20-25,36-37,41-46,53H,18-19,26-35H2,1-8H3;1H/q+1;/p-1/t37-,41-,42+,43-,44+,45+,46+,49-,50+,51+,52-;/m0./s1. The molecule has 5 fully saturated rings. The van der Waals surface area contributed by atoms with Crippen LogP contribution in [0, 0.1) is 68.5 Å². The fraction of sp³-hybridized carbons (Fsp3) is 0.635. The van der Waals surface area contributed by atoms with Crippen LogP contribution in [0.5, 0.6) is 0 Å². The first-order valence-electron chi connectivity index (χ1n) is 22.5. The van der Waals surface area contributed by atoms with E-state index in [1.807, 2.05) is 0 Å². The molecule has 11 atom stereocenters. The number of hydrogen-bond donors (Lipinski definition) is 1. The van der Waals surface area contributed by atoms with E-state index in [-0.39, 0.29) is 69.0 Å². The number of aliphatic hydroxyl groups excluding tert-OH is 1. The topological polar surface area (TPSA) is 46.5 Å². The molecule has 5 aliphatic rings. The van der Waals surface area contributed by atoms with Gasteiger partial charge in [0.2, 0.25) is 0 Å². The monoisotopic (exact) mass is 902 g/mol. The number of carbonyl (C=O) groups is 1. The number of methoxy groups -OCH3 is 1. The minimum atomic E-state index is -1.93. The van der Waals surface area contributed by atoms with Crippen LogP contribution < -0.4 is 39.9 Å². The minimum Gasteiger partial charge on any atom is -1.00 e. The Kier molecular flexibility index (Phi) is 12.1. The van der Waals surface area contributed by atoms with Crippen molar-refractivity contribution >= 4 is 29.1 Å². The summed E-state index contributed by atoms with van der Waals surface area (Å²) in [6, 6.07) is 34.0. The number of aliphatic hydroxyl groups is 1. The predicted octanol–water partition coefficient (Wildman–Crippen LogP) is 8.26. The van der Waals surface area contributed by atoms with Crippen LogP contribution in [0.4, 0.5) is 0 Å². The molecule has 5 heteroatoms. The number of carbonyl (C=O) groups excluding carboxylic acids is 1. The largest absolute Gasteiger partial charge is 1.00 e. The normalized spacial score (nSPS) is 38.2. The van der Waals surface area contributed by atoms with Gasteiger partial charge in [0.05, 0.1) is 24.8 Å². The Hall–Kier alpha value is -1.75. The van der Waals surface area contributed by atoms with Crippen molar-refractivity contribution in [3.63, 3.8) is 0 Å². The van der Waals surface area contributed by atoms with Crippen molar-refractivity contribution in [2.45, 2.75) is 125 Å². The molecule has 0 aromatic heterocycles. The van der Waals surface area contributed by atoms with Gasteiger partial charge in [-0.25, -0.2) is 0 Å². The van der Waals surface area contributed by atoms with Crippen LogP contribution in [-0.4, -0.2) is 30.5 Å². The number of fused-ring (bicyclic) bond motifs is 7. The van der Waals surface area contributed by atoms with Crippen LogP contribution in [0.2, 0.25) is 0 Å². The van der Waals surface area contributed by atoms with Crippen molar-refractivity contribution in [1.29, 1.82) is 0 Å². The molecule has 57 heavy (non-hydrogen) atoms. The molecule has 0 aliphatic heterocycles. The second-order valence-electron chi connectivity index (χ2n) is 21.2. The van der Waals surface area contributed by atoms with Gasteiger partial charge in [-0.05, 0) is 170 Å². The zero-order valence-electron chi connectivity index (χ0n) is 36.4. The zero-order chi connectivity index (χ0) is 39.7. The lowest BCUT2D eigenvalue weighted by Gasteiger charge is -2.73. The molecule has 3 nitrogen and oxygen atoms in total. The SMILES string of the molecule is COC(=O)[C@]12CC[C@@H](C(C)C)[C@@H]1[C@H]1CC[C@@H]3[C@@]4(C)C[C@H](CCC[P+](c5ccccc5)(c5ccccc5)c5ccccc5)[C@@H](O)C(C)(C)[C@@H]4CC[C@@]3(C)[C@]1(C)CC2.[I-]. The predicted molar refractivity (Wildman–Crippen MR) is 235 cm³/mol. The molecule has 1 N–H and O–H groups in total. The van der Waals surface area contributed by atoms with Crippen molar-refractivity contribution in [1.82, 2.24) is 0 Å². The van der Waals surface area contributed by atoms with Crippen LogP contribution in [0.3, 0.4) is 0 Å². The van der Waals surface area contributed by atoms with Gasteiger partial charge in [-0.1, -0.05) is 103 Å². The quantitative estimate of drug-likeness (QED) is 0.134. The van der Waals surface area contributed by atoms with E-state index in [1.54, 1.807) is 7.11 Å². The number of halogens is 1. The van der Waals surface area contributed by atoms with Gasteiger partial charge >= 0.3 is 5.97 Å². The number of esters is 1. The van der Waals surface area contributed by atoms with E-state index in [0.29, 0.717) is 35.5 Å². The molecule has 0 bridgehead atoms. The molecule has 0 saturated heterocycles. The molecule has 8 rings (SSSR count). The smallest absolute Gasteiger partial charge is 0.312 e. The Balaban J connectivity index is 0.00000496. The third kappa shape index (κ3) is 6.47. The van der Waals surface area contributed by atoms with E-state index < -0.39 is 7.26 Å². The third-order valence-corrected chi connectivity index (χ3v) is 23.2.